The lowest BCUT2D eigenvalue weighted by Crippen LogP contribution is -2.45. The minimum atomic E-state index is -0.288. The van der Waals surface area contributed by atoms with Gasteiger partial charge >= 0.3 is 0 Å². The third kappa shape index (κ3) is 6.17. The second-order valence-corrected chi connectivity index (χ2v) is 9.99. The van der Waals surface area contributed by atoms with E-state index in [2.05, 4.69) is 11.0 Å². The quantitative estimate of drug-likeness (QED) is 0.541. The molecule has 0 unspecified atom stereocenters. The minimum Gasteiger partial charge on any atom is -0.332 e. The first-order valence-electron chi connectivity index (χ1n) is 11.6. The maximum atomic E-state index is 13.5. The van der Waals surface area contributed by atoms with Crippen LogP contribution in [0.1, 0.15) is 41.7 Å². The highest BCUT2D eigenvalue weighted by Crippen LogP contribution is 2.31. The van der Waals surface area contributed by atoms with Crippen LogP contribution in [0.5, 0.6) is 0 Å². The van der Waals surface area contributed by atoms with Gasteiger partial charge in [0.2, 0.25) is 11.8 Å². The first-order chi connectivity index (χ1) is 15.5. The maximum absolute atomic E-state index is 13.5. The fourth-order valence-corrected chi connectivity index (χ4v) is 5.09. The molecule has 5 nitrogen and oxygen atoms in total. The Labute approximate surface area is 193 Å². The summed E-state index contributed by atoms with van der Waals surface area (Å²) in [5.74, 6) is -0.139. The topological polar surface area (TPSA) is 43.9 Å². The Balaban J connectivity index is 1.46. The zero-order valence-electron chi connectivity index (χ0n) is 18.8. The number of carbonyl (C=O) groups is 2. The Morgan fingerprint density at radius 3 is 2.41 bits per heavy atom. The standard InChI is InChI=1S/C25H32FN3O2S/c1-19-10-15-32-23(19)17-29(16-20-4-8-22(26)9-5-20)24(30)18-28(25(31)21-6-7-21)14-13-27-11-2-3-12-27/h4-5,8-10,15,21H,2-3,6-7,11-14,16-18H2,1H3. The summed E-state index contributed by atoms with van der Waals surface area (Å²) < 4.78 is 13.4. The first kappa shape index (κ1) is 22.9. The molecular weight excluding hydrogens is 425 g/mol. The van der Waals surface area contributed by atoms with E-state index < -0.39 is 0 Å². The van der Waals surface area contributed by atoms with Gasteiger partial charge in [0.05, 0.1) is 13.1 Å². The molecule has 0 spiro atoms. The number of halogens is 1. The normalized spacial score (nSPS) is 16.3. The van der Waals surface area contributed by atoms with Crippen LogP contribution in [-0.2, 0) is 22.7 Å². The summed E-state index contributed by atoms with van der Waals surface area (Å²) in [6.07, 6.45) is 4.28. The summed E-state index contributed by atoms with van der Waals surface area (Å²) in [6.45, 7) is 6.63. The molecule has 0 radical (unpaired) electrons. The van der Waals surface area contributed by atoms with Gasteiger partial charge in [-0.1, -0.05) is 12.1 Å². The predicted molar refractivity (Wildman–Crippen MR) is 125 cm³/mol. The number of thiophene rings is 1. The van der Waals surface area contributed by atoms with Crippen LogP contribution in [-0.4, -0.2) is 59.2 Å². The molecule has 7 heteroatoms. The molecule has 172 valence electrons. The van der Waals surface area contributed by atoms with Crippen molar-refractivity contribution >= 4 is 23.2 Å². The van der Waals surface area contributed by atoms with Gasteiger partial charge in [0.1, 0.15) is 5.82 Å². The van der Waals surface area contributed by atoms with E-state index in [1.165, 1.54) is 25.0 Å². The van der Waals surface area contributed by atoms with Crippen LogP contribution in [0.2, 0.25) is 0 Å². The number of benzene rings is 1. The predicted octanol–water partition coefficient (Wildman–Crippen LogP) is 4.06. The Hall–Kier alpha value is -2.25. The van der Waals surface area contributed by atoms with Gasteiger partial charge in [-0.15, -0.1) is 11.3 Å². The molecule has 2 fully saturated rings. The minimum absolute atomic E-state index is 0.0578. The lowest BCUT2D eigenvalue weighted by atomic mass is 10.2. The highest BCUT2D eigenvalue weighted by Gasteiger charge is 2.35. The molecule has 32 heavy (non-hydrogen) atoms. The third-order valence-corrected chi connectivity index (χ3v) is 7.40. The molecule has 1 aromatic carbocycles. The maximum Gasteiger partial charge on any atom is 0.242 e. The number of carbonyl (C=O) groups excluding carboxylic acids is 2. The van der Waals surface area contributed by atoms with Crippen molar-refractivity contribution in [1.29, 1.82) is 0 Å². The van der Waals surface area contributed by atoms with E-state index in [1.54, 1.807) is 33.3 Å². The van der Waals surface area contributed by atoms with Gasteiger partial charge in [0, 0.05) is 30.4 Å². The van der Waals surface area contributed by atoms with Crippen molar-refractivity contribution in [2.24, 2.45) is 5.92 Å². The van der Waals surface area contributed by atoms with Crippen molar-refractivity contribution in [1.82, 2.24) is 14.7 Å². The van der Waals surface area contributed by atoms with Gasteiger partial charge in [-0.2, -0.15) is 0 Å². The number of amides is 2. The number of likely N-dealkylation sites (tertiary alicyclic amines) is 1. The zero-order chi connectivity index (χ0) is 22.5. The molecule has 0 atom stereocenters. The number of hydrogen-bond acceptors (Lipinski definition) is 4. The molecule has 1 aromatic heterocycles. The Bertz CT molecular complexity index is 920. The van der Waals surface area contributed by atoms with E-state index in [-0.39, 0.29) is 30.1 Å². The highest BCUT2D eigenvalue weighted by molar-refractivity contribution is 7.10. The van der Waals surface area contributed by atoms with Crippen LogP contribution >= 0.6 is 11.3 Å². The molecule has 2 aromatic rings. The molecular formula is C25H32FN3O2S. The first-order valence-corrected chi connectivity index (χ1v) is 12.4. The lowest BCUT2D eigenvalue weighted by molar-refractivity contribution is -0.142. The van der Waals surface area contributed by atoms with E-state index in [1.807, 2.05) is 12.3 Å². The van der Waals surface area contributed by atoms with Crippen LogP contribution in [0.15, 0.2) is 35.7 Å². The zero-order valence-corrected chi connectivity index (χ0v) is 19.6. The van der Waals surface area contributed by atoms with Crippen molar-refractivity contribution in [3.8, 4) is 0 Å². The molecule has 1 aliphatic heterocycles. The van der Waals surface area contributed by atoms with Crippen molar-refractivity contribution in [3.05, 3.63) is 57.5 Å². The molecule has 0 N–H and O–H groups in total. The SMILES string of the molecule is Cc1ccsc1CN(Cc1ccc(F)cc1)C(=O)CN(CCN1CCCC1)C(=O)C1CC1. The molecule has 0 bridgehead atoms. The largest absolute Gasteiger partial charge is 0.332 e. The molecule has 4 rings (SSSR count). The summed E-state index contributed by atoms with van der Waals surface area (Å²) >= 11 is 1.63. The highest BCUT2D eigenvalue weighted by atomic mass is 32.1. The average Bonchev–Trinajstić information content (AvgIpc) is 3.36. The second-order valence-electron chi connectivity index (χ2n) is 8.99. The van der Waals surface area contributed by atoms with Crippen molar-refractivity contribution in [2.45, 2.75) is 45.7 Å². The van der Waals surface area contributed by atoms with Crippen LogP contribution < -0.4 is 0 Å². The number of hydrogen-bond donors (Lipinski definition) is 0. The van der Waals surface area contributed by atoms with Crippen molar-refractivity contribution < 1.29 is 14.0 Å². The summed E-state index contributed by atoms with van der Waals surface area (Å²) in [7, 11) is 0. The molecule has 1 saturated heterocycles. The molecule has 1 saturated carbocycles. The monoisotopic (exact) mass is 457 g/mol. The van der Waals surface area contributed by atoms with Gasteiger partial charge in [-0.3, -0.25) is 9.59 Å². The van der Waals surface area contributed by atoms with E-state index in [0.29, 0.717) is 19.6 Å². The summed E-state index contributed by atoms with van der Waals surface area (Å²) in [5, 5.41) is 2.03. The van der Waals surface area contributed by atoms with Crippen LogP contribution in [0, 0.1) is 18.7 Å². The van der Waals surface area contributed by atoms with E-state index in [4.69, 9.17) is 0 Å². The van der Waals surface area contributed by atoms with Gasteiger partial charge in [0.15, 0.2) is 0 Å². The molecule has 1 aliphatic carbocycles. The summed E-state index contributed by atoms with van der Waals surface area (Å²) in [5.41, 5.74) is 2.04. The smallest absolute Gasteiger partial charge is 0.242 e. The molecule has 2 aliphatic rings. The van der Waals surface area contributed by atoms with Gasteiger partial charge in [-0.25, -0.2) is 4.39 Å². The fourth-order valence-electron chi connectivity index (χ4n) is 4.17. The van der Waals surface area contributed by atoms with Crippen LogP contribution in [0.3, 0.4) is 0 Å². The fraction of sp³-hybridized carbons (Fsp3) is 0.520. The van der Waals surface area contributed by atoms with Crippen LogP contribution in [0.4, 0.5) is 4.39 Å². The summed E-state index contributed by atoms with van der Waals surface area (Å²) in [4.78, 5) is 33.5. The number of aryl methyl sites for hydroxylation is 1. The van der Waals surface area contributed by atoms with E-state index in [0.717, 1.165) is 48.5 Å². The van der Waals surface area contributed by atoms with Gasteiger partial charge in [0.25, 0.3) is 0 Å². The average molecular weight is 458 g/mol. The second kappa shape index (κ2) is 10.6. The molecule has 2 amide bonds. The van der Waals surface area contributed by atoms with Gasteiger partial charge in [-0.05, 0) is 80.4 Å². The number of rotatable bonds is 10. The van der Waals surface area contributed by atoms with Crippen molar-refractivity contribution in [2.75, 3.05) is 32.7 Å². The van der Waals surface area contributed by atoms with Crippen molar-refractivity contribution in [3.63, 3.8) is 0 Å². The van der Waals surface area contributed by atoms with E-state index in [9.17, 15) is 14.0 Å². The van der Waals surface area contributed by atoms with E-state index >= 15 is 0 Å². The Morgan fingerprint density at radius 1 is 1.06 bits per heavy atom. The summed E-state index contributed by atoms with van der Waals surface area (Å²) in [6, 6.07) is 8.34. The Morgan fingerprint density at radius 2 is 1.78 bits per heavy atom. The number of nitrogens with zero attached hydrogens (tertiary/aromatic N) is 3. The van der Waals surface area contributed by atoms with Gasteiger partial charge < -0.3 is 14.7 Å². The lowest BCUT2D eigenvalue weighted by Gasteiger charge is -2.29. The molecule has 2 heterocycles. The third-order valence-electron chi connectivity index (χ3n) is 6.39. The Kier molecular flexibility index (Phi) is 7.58. The van der Waals surface area contributed by atoms with Crippen LogP contribution in [0.25, 0.3) is 0 Å².